The second-order valence-electron chi connectivity index (χ2n) is 6.17. The number of allylic oxidation sites excluding steroid dienone is 2. The maximum atomic E-state index is 13.2. The van der Waals surface area contributed by atoms with Gasteiger partial charge in [0.1, 0.15) is 0 Å². The largest absolute Gasteiger partial charge is 0.353 e. The minimum atomic E-state index is -0.352. The SMILES string of the molecule is CCSC1=C(C#N)[C@H](c2cccs2)C(C(=O)Nc2ccccc2C)=C(C)N1. The number of rotatable bonds is 5. The highest BCUT2D eigenvalue weighted by molar-refractivity contribution is 8.03. The van der Waals surface area contributed by atoms with Crippen molar-refractivity contribution in [3.05, 3.63) is 74.1 Å². The van der Waals surface area contributed by atoms with Gasteiger partial charge in [-0.15, -0.1) is 23.1 Å². The van der Waals surface area contributed by atoms with Crippen LogP contribution in [0.3, 0.4) is 0 Å². The fourth-order valence-corrected chi connectivity index (χ4v) is 4.79. The number of nitrogens with one attached hydrogen (secondary N) is 2. The first kappa shape index (κ1) is 19.3. The molecule has 138 valence electrons. The number of anilines is 1. The third-order valence-electron chi connectivity index (χ3n) is 4.40. The zero-order valence-electron chi connectivity index (χ0n) is 15.5. The summed E-state index contributed by atoms with van der Waals surface area (Å²) in [7, 11) is 0. The average molecular weight is 396 g/mol. The van der Waals surface area contributed by atoms with Crippen LogP contribution >= 0.6 is 23.1 Å². The van der Waals surface area contributed by atoms with Crippen molar-refractivity contribution in [2.75, 3.05) is 11.1 Å². The van der Waals surface area contributed by atoms with Gasteiger partial charge in [0.05, 0.1) is 22.6 Å². The van der Waals surface area contributed by atoms with Gasteiger partial charge in [-0.2, -0.15) is 5.26 Å². The lowest BCUT2D eigenvalue weighted by Crippen LogP contribution is -2.30. The average Bonchev–Trinajstić information content (AvgIpc) is 3.17. The van der Waals surface area contributed by atoms with E-state index in [1.807, 2.05) is 62.5 Å². The highest BCUT2D eigenvalue weighted by atomic mass is 32.2. The number of thioether (sulfide) groups is 1. The van der Waals surface area contributed by atoms with Crippen LogP contribution in [0.2, 0.25) is 0 Å². The highest BCUT2D eigenvalue weighted by Crippen LogP contribution is 2.42. The van der Waals surface area contributed by atoms with E-state index in [2.05, 4.69) is 16.7 Å². The van der Waals surface area contributed by atoms with Crippen LogP contribution in [0.4, 0.5) is 5.69 Å². The molecular formula is C21H21N3OS2. The first-order valence-electron chi connectivity index (χ1n) is 8.72. The number of carbonyl (C=O) groups excluding carboxylic acids is 1. The normalized spacial score (nSPS) is 16.7. The fraction of sp³-hybridized carbons (Fsp3) is 0.238. The number of thiophene rings is 1. The van der Waals surface area contributed by atoms with Gasteiger partial charge in [0.2, 0.25) is 0 Å². The smallest absolute Gasteiger partial charge is 0.254 e. The number of carbonyl (C=O) groups is 1. The van der Waals surface area contributed by atoms with Gasteiger partial charge in [-0.05, 0) is 42.7 Å². The molecule has 0 aliphatic carbocycles. The first-order chi connectivity index (χ1) is 13.1. The lowest BCUT2D eigenvalue weighted by molar-refractivity contribution is -0.113. The predicted octanol–water partition coefficient (Wildman–Crippen LogP) is 5.14. The summed E-state index contributed by atoms with van der Waals surface area (Å²) in [5.41, 5.74) is 3.76. The minimum Gasteiger partial charge on any atom is -0.353 e. The van der Waals surface area contributed by atoms with E-state index in [0.717, 1.165) is 32.6 Å². The zero-order chi connectivity index (χ0) is 19.4. The Balaban J connectivity index is 2.04. The summed E-state index contributed by atoms with van der Waals surface area (Å²) in [6.45, 7) is 5.91. The molecule has 0 fully saturated rings. The molecule has 2 N–H and O–H groups in total. The summed E-state index contributed by atoms with van der Waals surface area (Å²) in [6.07, 6.45) is 0. The van der Waals surface area contributed by atoms with E-state index in [4.69, 9.17) is 0 Å². The van der Waals surface area contributed by atoms with Crippen LogP contribution in [0.5, 0.6) is 0 Å². The van der Waals surface area contributed by atoms with Gasteiger partial charge in [-0.25, -0.2) is 0 Å². The van der Waals surface area contributed by atoms with Gasteiger partial charge in [0, 0.05) is 21.8 Å². The molecule has 1 aliphatic heterocycles. The molecule has 1 aliphatic rings. The second-order valence-corrected chi connectivity index (χ2v) is 8.42. The molecule has 6 heteroatoms. The van der Waals surface area contributed by atoms with E-state index >= 15 is 0 Å². The van der Waals surface area contributed by atoms with E-state index in [1.54, 1.807) is 23.1 Å². The topological polar surface area (TPSA) is 64.9 Å². The summed E-state index contributed by atoms with van der Waals surface area (Å²) < 4.78 is 0. The maximum Gasteiger partial charge on any atom is 0.254 e. The Kier molecular flexibility index (Phi) is 6.04. The van der Waals surface area contributed by atoms with Crippen molar-refractivity contribution < 1.29 is 4.79 Å². The van der Waals surface area contributed by atoms with Crippen molar-refractivity contribution in [2.24, 2.45) is 0 Å². The van der Waals surface area contributed by atoms with Gasteiger partial charge in [0.25, 0.3) is 5.91 Å². The summed E-state index contributed by atoms with van der Waals surface area (Å²) >= 11 is 3.16. The Labute approximate surface area is 168 Å². The molecule has 0 bridgehead atoms. The summed E-state index contributed by atoms with van der Waals surface area (Å²) in [6, 6.07) is 14.0. The number of hydrogen-bond donors (Lipinski definition) is 2. The van der Waals surface area contributed by atoms with Crippen LogP contribution in [0.15, 0.2) is 63.7 Å². The standard InChI is InChI=1S/C21H21N3OS2/c1-4-26-21-15(12-22)19(17-10-7-11-27-17)18(14(3)23-21)20(25)24-16-9-6-5-8-13(16)2/h5-11,19,23H,4H2,1-3H3,(H,24,25)/t19-/m1/s1. The van der Waals surface area contributed by atoms with Gasteiger partial charge < -0.3 is 10.6 Å². The Morgan fingerprint density at radius 2 is 2.07 bits per heavy atom. The third-order valence-corrected chi connectivity index (χ3v) is 6.24. The monoisotopic (exact) mass is 395 g/mol. The number of nitriles is 1. The van der Waals surface area contributed by atoms with Crippen molar-refractivity contribution in [2.45, 2.75) is 26.7 Å². The van der Waals surface area contributed by atoms with Crippen LogP contribution in [-0.4, -0.2) is 11.7 Å². The molecule has 3 rings (SSSR count). The summed E-state index contributed by atoms with van der Waals surface area (Å²) in [5, 5.41) is 19.0. The van der Waals surface area contributed by atoms with Crippen molar-refractivity contribution in [1.29, 1.82) is 5.26 Å². The molecule has 27 heavy (non-hydrogen) atoms. The molecule has 2 heterocycles. The van der Waals surface area contributed by atoms with Crippen LogP contribution in [-0.2, 0) is 4.79 Å². The van der Waals surface area contributed by atoms with Gasteiger partial charge in [-0.3, -0.25) is 4.79 Å². The Bertz CT molecular complexity index is 952. The zero-order valence-corrected chi connectivity index (χ0v) is 17.1. The van der Waals surface area contributed by atoms with Crippen LogP contribution < -0.4 is 10.6 Å². The number of aryl methyl sites for hydroxylation is 1. The van der Waals surface area contributed by atoms with Gasteiger partial charge >= 0.3 is 0 Å². The number of nitrogens with zero attached hydrogens (tertiary/aromatic N) is 1. The molecular weight excluding hydrogens is 374 g/mol. The molecule has 4 nitrogen and oxygen atoms in total. The molecule has 0 saturated carbocycles. The number of para-hydroxylation sites is 1. The molecule has 2 aromatic rings. The van der Waals surface area contributed by atoms with E-state index in [9.17, 15) is 10.1 Å². The van der Waals surface area contributed by atoms with E-state index < -0.39 is 0 Å². The predicted molar refractivity (Wildman–Crippen MR) is 113 cm³/mol. The van der Waals surface area contributed by atoms with E-state index in [-0.39, 0.29) is 11.8 Å². The lowest BCUT2D eigenvalue weighted by Gasteiger charge is -2.29. The number of amides is 1. The molecule has 0 unspecified atom stereocenters. The second kappa shape index (κ2) is 8.47. The highest BCUT2D eigenvalue weighted by Gasteiger charge is 2.35. The summed E-state index contributed by atoms with van der Waals surface area (Å²) in [5.74, 6) is 0.318. The maximum absolute atomic E-state index is 13.2. The van der Waals surface area contributed by atoms with Crippen molar-refractivity contribution in [3.63, 3.8) is 0 Å². The Morgan fingerprint density at radius 3 is 2.70 bits per heavy atom. The van der Waals surface area contributed by atoms with Gasteiger partial charge in [0.15, 0.2) is 0 Å². The molecule has 0 radical (unpaired) electrons. The van der Waals surface area contributed by atoms with Crippen LogP contribution in [0.25, 0.3) is 0 Å². The number of benzene rings is 1. The van der Waals surface area contributed by atoms with Gasteiger partial charge in [-0.1, -0.05) is 31.2 Å². The molecule has 1 aromatic carbocycles. The first-order valence-corrected chi connectivity index (χ1v) is 10.6. The van der Waals surface area contributed by atoms with Crippen molar-refractivity contribution in [3.8, 4) is 6.07 Å². The molecule has 1 aromatic heterocycles. The third kappa shape index (κ3) is 3.95. The van der Waals surface area contributed by atoms with E-state index in [0.29, 0.717) is 11.1 Å². The number of dihydropyridines is 1. The van der Waals surface area contributed by atoms with Crippen molar-refractivity contribution in [1.82, 2.24) is 5.32 Å². The fourth-order valence-electron chi connectivity index (χ4n) is 3.11. The van der Waals surface area contributed by atoms with E-state index in [1.165, 1.54) is 0 Å². The number of hydrogen-bond acceptors (Lipinski definition) is 5. The molecule has 1 amide bonds. The minimum absolute atomic E-state index is 0.180. The lowest BCUT2D eigenvalue weighted by atomic mass is 9.86. The molecule has 0 saturated heterocycles. The molecule has 1 atom stereocenters. The summed E-state index contributed by atoms with van der Waals surface area (Å²) in [4.78, 5) is 14.2. The van der Waals surface area contributed by atoms with Crippen LogP contribution in [0, 0.1) is 18.3 Å². The Hall–Kier alpha value is -2.49. The quantitative estimate of drug-likeness (QED) is 0.735. The van der Waals surface area contributed by atoms with Crippen molar-refractivity contribution >= 4 is 34.7 Å². The van der Waals surface area contributed by atoms with Crippen LogP contribution in [0.1, 0.15) is 30.2 Å². The Morgan fingerprint density at radius 1 is 1.30 bits per heavy atom. The molecule has 0 spiro atoms.